The Morgan fingerprint density at radius 3 is 1.32 bits per heavy atom. The topological polar surface area (TPSA) is 117 Å². The lowest BCUT2D eigenvalue weighted by atomic mass is 10.0. The fourth-order valence-corrected chi connectivity index (χ4v) is 8.07. The number of carbonyl (C=O) groups is 1. The minimum atomic E-state index is -4.28. The van der Waals surface area contributed by atoms with E-state index in [1.807, 2.05) is 0 Å². The third kappa shape index (κ3) is 47.8. The van der Waals surface area contributed by atoms with E-state index in [1.165, 1.54) is 180 Å². The second-order valence-corrected chi connectivity index (χ2v) is 18.5. The van der Waals surface area contributed by atoms with E-state index >= 15 is 0 Å². The number of hydrogen-bond acceptors (Lipinski definition) is 7. The van der Waals surface area contributed by atoms with Crippen molar-refractivity contribution < 1.29 is 32.8 Å². The summed E-state index contributed by atoms with van der Waals surface area (Å²) < 4.78 is 33.6. The number of unbranched alkanes of at least 4 members (excludes halogenated alkanes) is 30. The summed E-state index contributed by atoms with van der Waals surface area (Å²) in [6, 6.07) is 0. The number of allylic oxidation sites excluding steroid dienone is 6. The molecule has 0 heterocycles. The highest BCUT2D eigenvalue weighted by molar-refractivity contribution is 7.47. The lowest BCUT2D eigenvalue weighted by Crippen LogP contribution is -2.28. The molecule has 8 nitrogen and oxygen atoms in total. The first kappa shape index (κ1) is 58.7. The largest absolute Gasteiger partial charge is 0.472 e. The summed E-state index contributed by atoms with van der Waals surface area (Å²) in [7, 11) is -4.28. The molecule has 0 radical (unpaired) electrons. The smallest absolute Gasteiger partial charge is 0.457 e. The Kier molecular flexibility index (Phi) is 47.7. The van der Waals surface area contributed by atoms with E-state index in [9.17, 15) is 14.3 Å². The Morgan fingerprint density at radius 1 is 0.500 bits per heavy atom. The average Bonchev–Trinajstić information content (AvgIpc) is 3.24. The molecule has 9 heteroatoms. The van der Waals surface area contributed by atoms with E-state index in [0.717, 1.165) is 44.9 Å². The molecule has 0 spiro atoms. The van der Waals surface area contributed by atoms with Crippen LogP contribution in [0.25, 0.3) is 0 Å². The normalized spacial score (nSPS) is 13.6. The molecule has 354 valence electrons. The van der Waals surface area contributed by atoms with Crippen LogP contribution in [0, 0.1) is 0 Å². The van der Waals surface area contributed by atoms with Crippen molar-refractivity contribution in [3.05, 3.63) is 36.5 Å². The van der Waals surface area contributed by atoms with Crippen LogP contribution in [0.2, 0.25) is 0 Å². The Bertz CT molecular complexity index is 1020. The molecule has 0 aliphatic heterocycles. The highest BCUT2D eigenvalue weighted by Crippen LogP contribution is 2.43. The Balaban J connectivity index is 3.93. The third-order valence-corrected chi connectivity index (χ3v) is 12.0. The molecule has 2 atom stereocenters. The van der Waals surface area contributed by atoms with Crippen molar-refractivity contribution in [1.29, 1.82) is 0 Å². The molecule has 3 N–H and O–H groups in total. The molecular weight excluding hydrogens is 770 g/mol. The lowest BCUT2D eigenvalue weighted by molar-refractivity contribution is -0.154. The molecule has 0 aliphatic carbocycles. The molecule has 0 rings (SSSR count). The molecular formula is C51H98NO7P. The summed E-state index contributed by atoms with van der Waals surface area (Å²) in [5, 5.41) is 0. The van der Waals surface area contributed by atoms with Crippen LogP contribution in [-0.4, -0.2) is 49.9 Å². The van der Waals surface area contributed by atoms with Crippen LogP contribution in [0.3, 0.4) is 0 Å². The Hall–Kier alpha value is -1.28. The monoisotopic (exact) mass is 868 g/mol. The van der Waals surface area contributed by atoms with Gasteiger partial charge in [0.2, 0.25) is 0 Å². The quantitative estimate of drug-likeness (QED) is 0.0269. The number of rotatable bonds is 49. The van der Waals surface area contributed by atoms with Gasteiger partial charge in [0.15, 0.2) is 0 Å². The van der Waals surface area contributed by atoms with Gasteiger partial charge in [0, 0.05) is 19.6 Å². The average molecular weight is 868 g/mol. The zero-order chi connectivity index (χ0) is 43.7. The summed E-state index contributed by atoms with van der Waals surface area (Å²) in [6.45, 7) is 4.95. The molecule has 0 aromatic heterocycles. The number of phosphoric acid groups is 1. The van der Waals surface area contributed by atoms with Gasteiger partial charge in [-0.1, -0.05) is 224 Å². The maximum atomic E-state index is 12.7. The number of nitrogens with two attached hydrogens (primary N) is 1. The minimum absolute atomic E-state index is 0.0949. The van der Waals surface area contributed by atoms with Crippen molar-refractivity contribution in [2.45, 2.75) is 251 Å². The van der Waals surface area contributed by atoms with Gasteiger partial charge >= 0.3 is 13.8 Å². The highest BCUT2D eigenvalue weighted by atomic mass is 31.2. The van der Waals surface area contributed by atoms with Crippen LogP contribution in [0.1, 0.15) is 245 Å². The van der Waals surface area contributed by atoms with E-state index in [1.54, 1.807) is 0 Å². The Morgan fingerprint density at radius 2 is 0.883 bits per heavy atom. The maximum absolute atomic E-state index is 12.7. The molecule has 0 aromatic carbocycles. The fourth-order valence-electron chi connectivity index (χ4n) is 7.30. The summed E-state index contributed by atoms with van der Waals surface area (Å²) in [5.74, 6) is -0.330. The molecule has 0 saturated heterocycles. The summed E-state index contributed by atoms with van der Waals surface area (Å²) >= 11 is 0. The first-order valence-electron chi connectivity index (χ1n) is 25.5. The molecule has 0 aliphatic rings. The first-order chi connectivity index (χ1) is 29.4. The van der Waals surface area contributed by atoms with Crippen LogP contribution in [0.5, 0.6) is 0 Å². The SMILES string of the molecule is CCCCCCC/C=C\C/C=C\C/C=C\CCCCCCCCCCCCC(=O)OC(COCCCCCCCCCCCCCCCCCC)COP(=O)(O)OCCN. The number of ether oxygens (including phenoxy) is 2. The van der Waals surface area contributed by atoms with E-state index in [4.69, 9.17) is 24.3 Å². The first-order valence-corrected chi connectivity index (χ1v) is 27.0. The number of carbonyl (C=O) groups excluding carboxylic acids is 1. The summed E-state index contributed by atoms with van der Waals surface area (Å²) in [5.41, 5.74) is 5.39. The van der Waals surface area contributed by atoms with Crippen molar-refractivity contribution in [3.8, 4) is 0 Å². The third-order valence-electron chi connectivity index (χ3n) is 11.1. The van der Waals surface area contributed by atoms with Crippen molar-refractivity contribution in [2.24, 2.45) is 5.73 Å². The predicted octanol–water partition coefficient (Wildman–Crippen LogP) is 15.8. The zero-order valence-electron chi connectivity index (χ0n) is 39.5. The molecule has 0 fully saturated rings. The summed E-state index contributed by atoms with van der Waals surface area (Å²) in [4.78, 5) is 22.6. The zero-order valence-corrected chi connectivity index (χ0v) is 40.3. The second-order valence-electron chi connectivity index (χ2n) is 17.0. The standard InChI is InChI=1S/C51H98NO7P/c1-3-5-7-9-11-13-15-17-19-21-22-23-24-25-26-27-28-29-30-32-34-36-38-40-42-44-51(53)59-50(49-58-60(54,55)57-47-45-52)48-56-46-43-41-39-37-35-33-31-20-18-16-14-12-10-8-6-4-2/h15,17,21-22,24-25,50H,3-14,16,18-20,23,26-49,52H2,1-2H3,(H,54,55)/b17-15-,22-21-,25-24-. The molecule has 60 heavy (non-hydrogen) atoms. The van der Waals surface area contributed by atoms with Crippen LogP contribution in [0.15, 0.2) is 36.5 Å². The van der Waals surface area contributed by atoms with Gasteiger partial charge < -0.3 is 20.1 Å². The number of hydrogen-bond donors (Lipinski definition) is 2. The van der Waals surface area contributed by atoms with Gasteiger partial charge in [0.1, 0.15) is 6.10 Å². The molecule has 0 bridgehead atoms. The van der Waals surface area contributed by atoms with Crippen molar-refractivity contribution in [1.82, 2.24) is 0 Å². The van der Waals surface area contributed by atoms with Gasteiger partial charge in [-0.3, -0.25) is 13.8 Å². The fraction of sp³-hybridized carbons (Fsp3) is 0.863. The minimum Gasteiger partial charge on any atom is -0.457 e. The van der Waals surface area contributed by atoms with Crippen molar-refractivity contribution in [3.63, 3.8) is 0 Å². The molecule has 0 amide bonds. The number of esters is 1. The number of phosphoric ester groups is 1. The van der Waals surface area contributed by atoms with Gasteiger partial charge in [-0.2, -0.15) is 0 Å². The van der Waals surface area contributed by atoms with Crippen LogP contribution in [-0.2, 0) is 27.9 Å². The van der Waals surface area contributed by atoms with Gasteiger partial charge in [0.25, 0.3) is 0 Å². The van der Waals surface area contributed by atoms with E-state index in [-0.39, 0.29) is 32.3 Å². The second kappa shape index (κ2) is 48.7. The van der Waals surface area contributed by atoms with E-state index in [0.29, 0.717) is 13.0 Å². The molecule has 0 aromatic rings. The molecule has 2 unspecified atom stereocenters. The van der Waals surface area contributed by atoms with Gasteiger partial charge in [-0.05, 0) is 51.4 Å². The van der Waals surface area contributed by atoms with Gasteiger partial charge in [-0.25, -0.2) is 4.57 Å². The van der Waals surface area contributed by atoms with Gasteiger partial charge in [-0.15, -0.1) is 0 Å². The van der Waals surface area contributed by atoms with Crippen molar-refractivity contribution in [2.75, 3.05) is 33.0 Å². The van der Waals surface area contributed by atoms with E-state index in [2.05, 4.69) is 50.3 Å². The predicted molar refractivity (Wildman–Crippen MR) is 256 cm³/mol. The van der Waals surface area contributed by atoms with Crippen LogP contribution < -0.4 is 5.73 Å². The molecule has 0 saturated carbocycles. The van der Waals surface area contributed by atoms with Crippen LogP contribution in [0.4, 0.5) is 0 Å². The maximum Gasteiger partial charge on any atom is 0.472 e. The highest BCUT2D eigenvalue weighted by Gasteiger charge is 2.25. The van der Waals surface area contributed by atoms with Crippen molar-refractivity contribution >= 4 is 13.8 Å². The summed E-state index contributed by atoms with van der Waals surface area (Å²) in [6.07, 6.45) is 57.4. The van der Waals surface area contributed by atoms with E-state index < -0.39 is 13.9 Å². The Labute approximate surface area is 371 Å². The lowest BCUT2D eigenvalue weighted by Gasteiger charge is -2.20. The van der Waals surface area contributed by atoms with Gasteiger partial charge in [0.05, 0.1) is 19.8 Å². The van der Waals surface area contributed by atoms with Crippen LogP contribution >= 0.6 is 7.82 Å².